The predicted octanol–water partition coefficient (Wildman–Crippen LogP) is 3.85. The number of nitrogens with one attached hydrogen (secondary N) is 2. The first-order valence-corrected chi connectivity index (χ1v) is 8.23. The zero-order valence-corrected chi connectivity index (χ0v) is 16.7. The van der Waals surface area contributed by atoms with E-state index in [0.29, 0.717) is 23.0 Å². The lowest BCUT2D eigenvalue weighted by molar-refractivity contribution is 0.603. The quantitative estimate of drug-likeness (QED) is 0.407. The number of thiophene rings is 1. The van der Waals surface area contributed by atoms with Gasteiger partial charge in [-0.1, -0.05) is 6.92 Å². The molecule has 24 heavy (non-hydrogen) atoms. The highest BCUT2D eigenvalue weighted by molar-refractivity contribution is 14.0. The second-order valence-electron chi connectivity index (χ2n) is 5.18. The van der Waals surface area contributed by atoms with Crippen LogP contribution in [0.1, 0.15) is 29.5 Å². The predicted molar refractivity (Wildman–Crippen MR) is 107 cm³/mol. The van der Waals surface area contributed by atoms with Gasteiger partial charge in [-0.15, -0.1) is 24.0 Å². The lowest BCUT2D eigenvalue weighted by Gasteiger charge is -2.15. The largest absolute Gasteiger partial charge is 0.356 e. The number of hydrogen-bond donors (Lipinski definition) is 2. The fraction of sp³-hybridized carbons (Fsp3) is 0.294. The van der Waals surface area contributed by atoms with E-state index >= 15 is 0 Å². The fourth-order valence-electron chi connectivity index (χ4n) is 2.10. The van der Waals surface area contributed by atoms with Gasteiger partial charge in [0.1, 0.15) is 5.82 Å². The minimum Gasteiger partial charge on any atom is -0.356 e. The van der Waals surface area contributed by atoms with Gasteiger partial charge in [-0.2, -0.15) is 16.6 Å². The van der Waals surface area contributed by atoms with E-state index in [-0.39, 0.29) is 36.3 Å². The van der Waals surface area contributed by atoms with Gasteiger partial charge in [0.2, 0.25) is 0 Å². The van der Waals surface area contributed by atoms with E-state index < -0.39 is 0 Å². The topological polar surface area (TPSA) is 60.2 Å². The molecule has 0 amide bonds. The van der Waals surface area contributed by atoms with Crippen molar-refractivity contribution in [2.75, 3.05) is 13.6 Å². The van der Waals surface area contributed by atoms with Crippen LogP contribution in [-0.2, 0) is 6.54 Å². The third-order valence-corrected chi connectivity index (χ3v) is 4.23. The number of nitriles is 1. The molecule has 0 saturated heterocycles. The Bertz CT molecular complexity index is 710. The van der Waals surface area contributed by atoms with E-state index in [1.807, 2.05) is 6.07 Å². The summed E-state index contributed by atoms with van der Waals surface area (Å²) in [5.41, 5.74) is 2.17. The summed E-state index contributed by atoms with van der Waals surface area (Å²) in [5.74, 6) is 0.630. The smallest absolute Gasteiger partial charge is 0.191 e. The number of halogens is 2. The van der Waals surface area contributed by atoms with Crippen molar-refractivity contribution in [1.82, 2.24) is 10.6 Å². The van der Waals surface area contributed by atoms with E-state index in [1.165, 1.54) is 17.7 Å². The first-order chi connectivity index (χ1) is 11.1. The Labute approximate surface area is 162 Å². The molecule has 1 aromatic carbocycles. The van der Waals surface area contributed by atoms with Gasteiger partial charge >= 0.3 is 0 Å². The molecule has 0 saturated carbocycles. The van der Waals surface area contributed by atoms with Gasteiger partial charge in [0.05, 0.1) is 11.6 Å². The molecule has 1 heterocycles. The Morgan fingerprint density at radius 3 is 2.79 bits per heavy atom. The first-order valence-electron chi connectivity index (χ1n) is 7.29. The van der Waals surface area contributed by atoms with E-state index in [1.54, 1.807) is 24.5 Å². The van der Waals surface area contributed by atoms with Gasteiger partial charge in [-0.05, 0) is 46.5 Å². The van der Waals surface area contributed by atoms with Crippen molar-refractivity contribution in [2.45, 2.75) is 19.4 Å². The molecule has 0 aliphatic carbocycles. The van der Waals surface area contributed by atoms with E-state index in [9.17, 15) is 4.39 Å². The van der Waals surface area contributed by atoms with Gasteiger partial charge in [0.15, 0.2) is 5.96 Å². The summed E-state index contributed by atoms with van der Waals surface area (Å²) in [6.45, 7) is 3.14. The van der Waals surface area contributed by atoms with Crippen molar-refractivity contribution < 1.29 is 4.39 Å². The maximum Gasteiger partial charge on any atom is 0.191 e. The molecule has 0 fully saturated rings. The average molecular weight is 458 g/mol. The lowest BCUT2D eigenvalue weighted by atomic mass is 10.1. The molecule has 4 nitrogen and oxygen atoms in total. The van der Waals surface area contributed by atoms with Gasteiger partial charge < -0.3 is 10.6 Å². The van der Waals surface area contributed by atoms with Crippen LogP contribution in [0, 0.1) is 17.1 Å². The molecule has 0 spiro atoms. The minimum atomic E-state index is -0.335. The van der Waals surface area contributed by atoms with Crippen LogP contribution in [0.2, 0.25) is 0 Å². The van der Waals surface area contributed by atoms with Crippen molar-refractivity contribution in [3.8, 4) is 6.07 Å². The molecule has 0 radical (unpaired) electrons. The normalized spacial score (nSPS) is 12.0. The molecule has 0 aliphatic heterocycles. The van der Waals surface area contributed by atoms with Crippen molar-refractivity contribution >= 4 is 41.3 Å². The summed E-state index contributed by atoms with van der Waals surface area (Å²) in [5, 5.41) is 19.4. The number of benzene rings is 1. The standard InChI is InChI=1S/C17H19FN4S.HI/c1-12(14-5-6-23-11-14)9-21-17(20-2)22-10-15-7-13(8-19)3-4-16(15)18;/h3-7,11-12H,9-10H2,1-2H3,(H2,20,21,22);1H. The van der Waals surface area contributed by atoms with Crippen LogP contribution < -0.4 is 10.6 Å². The average Bonchev–Trinajstić information content (AvgIpc) is 3.10. The molecule has 0 bridgehead atoms. The summed E-state index contributed by atoms with van der Waals surface area (Å²) in [6, 6.07) is 8.44. The van der Waals surface area contributed by atoms with Crippen LogP contribution in [0.15, 0.2) is 40.0 Å². The second kappa shape index (κ2) is 10.3. The van der Waals surface area contributed by atoms with Crippen LogP contribution in [0.5, 0.6) is 0 Å². The summed E-state index contributed by atoms with van der Waals surface area (Å²) in [6.07, 6.45) is 0. The molecule has 2 rings (SSSR count). The van der Waals surface area contributed by atoms with Crippen LogP contribution >= 0.6 is 35.3 Å². The number of aliphatic imine (C=N–C) groups is 1. The zero-order chi connectivity index (χ0) is 16.7. The Morgan fingerprint density at radius 1 is 1.38 bits per heavy atom. The Balaban J connectivity index is 0.00000288. The van der Waals surface area contributed by atoms with Crippen molar-refractivity contribution in [3.63, 3.8) is 0 Å². The molecule has 1 unspecified atom stereocenters. The molecule has 2 N–H and O–H groups in total. The zero-order valence-electron chi connectivity index (χ0n) is 13.5. The molecule has 1 atom stereocenters. The van der Waals surface area contributed by atoms with Crippen molar-refractivity contribution in [1.29, 1.82) is 5.26 Å². The maximum atomic E-state index is 13.8. The summed E-state index contributed by atoms with van der Waals surface area (Å²) in [7, 11) is 1.67. The van der Waals surface area contributed by atoms with Crippen LogP contribution in [0.4, 0.5) is 4.39 Å². The third kappa shape index (κ3) is 5.76. The van der Waals surface area contributed by atoms with Gasteiger partial charge in [0.25, 0.3) is 0 Å². The van der Waals surface area contributed by atoms with Gasteiger partial charge in [-0.25, -0.2) is 4.39 Å². The summed E-state index contributed by atoms with van der Waals surface area (Å²) in [4.78, 5) is 4.14. The minimum absolute atomic E-state index is 0. The number of nitrogens with zero attached hydrogens (tertiary/aromatic N) is 2. The first kappa shape index (κ1) is 20.4. The van der Waals surface area contributed by atoms with E-state index in [4.69, 9.17) is 5.26 Å². The van der Waals surface area contributed by atoms with E-state index in [2.05, 4.69) is 39.4 Å². The van der Waals surface area contributed by atoms with Crippen molar-refractivity contribution in [2.24, 2.45) is 4.99 Å². The number of rotatable bonds is 5. The molecule has 128 valence electrons. The fourth-order valence-corrected chi connectivity index (χ4v) is 2.88. The van der Waals surface area contributed by atoms with Crippen molar-refractivity contribution in [3.05, 3.63) is 57.5 Å². The second-order valence-corrected chi connectivity index (χ2v) is 5.96. The molecule has 2 aromatic rings. The summed E-state index contributed by atoms with van der Waals surface area (Å²) >= 11 is 1.68. The number of guanidine groups is 1. The molecular weight excluding hydrogens is 438 g/mol. The summed E-state index contributed by atoms with van der Waals surface area (Å²) < 4.78 is 13.8. The molecule has 0 aliphatic rings. The highest BCUT2D eigenvalue weighted by Crippen LogP contribution is 2.17. The molecule has 7 heteroatoms. The highest BCUT2D eigenvalue weighted by atomic mass is 127. The SMILES string of the molecule is CN=C(NCc1cc(C#N)ccc1F)NCC(C)c1ccsc1.I. The monoisotopic (exact) mass is 458 g/mol. The van der Waals surface area contributed by atoms with E-state index in [0.717, 1.165) is 6.54 Å². The lowest BCUT2D eigenvalue weighted by Crippen LogP contribution is -2.38. The van der Waals surface area contributed by atoms with Crippen LogP contribution in [0.25, 0.3) is 0 Å². The van der Waals surface area contributed by atoms with Gasteiger partial charge in [0, 0.05) is 25.7 Å². The highest BCUT2D eigenvalue weighted by Gasteiger charge is 2.08. The van der Waals surface area contributed by atoms with Gasteiger partial charge in [-0.3, -0.25) is 4.99 Å². The Morgan fingerprint density at radius 2 is 2.17 bits per heavy atom. The third-order valence-electron chi connectivity index (χ3n) is 3.53. The Kier molecular flexibility index (Phi) is 8.71. The van der Waals surface area contributed by atoms with Crippen LogP contribution in [0.3, 0.4) is 0 Å². The Hall–Kier alpha value is -1.66. The molecular formula is C17H20FIN4S. The number of hydrogen-bond acceptors (Lipinski definition) is 3. The molecule has 1 aromatic heterocycles. The maximum absolute atomic E-state index is 13.8. The van der Waals surface area contributed by atoms with Crippen LogP contribution in [-0.4, -0.2) is 19.6 Å².